The molecule has 9 heavy (non-hydrogen) atoms. The molecule has 0 radical (unpaired) electrons. The van der Waals surface area contributed by atoms with Crippen LogP contribution in [-0.4, -0.2) is 17.7 Å². The summed E-state index contributed by atoms with van der Waals surface area (Å²) in [6.07, 6.45) is 3.42. The molecular formula is C6H11NOS. The average molecular weight is 145 g/mol. The summed E-state index contributed by atoms with van der Waals surface area (Å²) in [5.74, 6) is 0. The Morgan fingerprint density at radius 2 is 2.33 bits per heavy atom. The van der Waals surface area contributed by atoms with Gasteiger partial charge in [-0.05, 0) is 19.3 Å². The minimum atomic E-state index is 0.0637. The zero-order valence-corrected chi connectivity index (χ0v) is 6.12. The smallest absolute Gasteiger partial charge is 0.107 e. The summed E-state index contributed by atoms with van der Waals surface area (Å²) in [5.41, 5.74) is 5.37. The van der Waals surface area contributed by atoms with Gasteiger partial charge in [0.15, 0.2) is 0 Å². The van der Waals surface area contributed by atoms with Crippen LogP contribution in [0.3, 0.4) is 0 Å². The van der Waals surface area contributed by atoms with Crippen LogP contribution in [0.2, 0.25) is 0 Å². The Morgan fingerprint density at radius 1 is 1.56 bits per heavy atom. The van der Waals surface area contributed by atoms with Crippen molar-refractivity contribution in [3.05, 3.63) is 0 Å². The van der Waals surface area contributed by atoms with Crippen molar-refractivity contribution >= 4 is 17.2 Å². The molecule has 2 nitrogen and oxygen atoms in total. The lowest BCUT2D eigenvalue weighted by atomic mass is 10.1. The average Bonchev–Trinajstić information content (AvgIpc) is 1.90. The Balaban J connectivity index is 2.31. The fraction of sp³-hybridized carbons (Fsp3) is 0.833. The Hall–Kier alpha value is -0.150. The van der Waals surface area contributed by atoms with Gasteiger partial charge in [-0.25, -0.2) is 0 Å². The number of nitrogens with two attached hydrogens (primary N) is 1. The second-order valence-corrected chi connectivity index (χ2v) is 2.73. The van der Waals surface area contributed by atoms with Crippen LogP contribution in [0.1, 0.15) is 19.3 Å². The summed E-state index contributed by atoms with van der Waals surface area (Å²) >= 11 is 4.77. The van der Waals surface area contributed by atoms with E-state index in [0.29, 0.717) is 4.99 Å². The van der Waals surface area contributed by atoms with Gasteiger partial charge in [0.25, 0.3) is 0 Å². The van der Waals surface area contributed by atoms with Crippen LogP contribution in [0, 0.1) is 0 Å². The van der Waals surface area contributed by atoms with Gasteiger partial charge < -0.3 is 10.5 Å². The van der Waals surface area contributed by atoms with Gasteiger partial charge in [-0.15, -0.1) is 0 Å². The van der Waals surface area contributed by atoms with E-state index in [2.05, 4.69) is 0 Å². The molecule has 0 aromatic heterocycles. The van der Waals surface area contributed by atoms with E-state index in [9.17, 15) is 0 Å². The Bertz CT molecular complexity index is 110. The van der Waals surface area contributed by atoms with Crippen molar-refractivity contribution in [1.29, 1.82) is 0 Å². The van der Waals surface area contributed by atoms with Crippen LogP contribution in [0.4, 0.5) is 0 Å². The standard InChI is InChI=1S/C6H11NOS/c7-6(9)5-3-1-2-4-8-5/h5H,1-4H2,(H2,7,9). The Morgan fingerprint density at radius 3 is 2.67 bits per heavy atom. The van der Waals surface area contributed by atoms with Crippen molar-refractivity contribution in [2.75, 3.05) is 6.61 Å². The quantitative estimate of drug-likeness (QED) is 0.555. The SMILES string of the molecule is NC(=S)C1CCCCO1. The van der Waals surface area contributed by atoms with Gasteiger partial charge in [-0.1, -0.05) is 12.2 Å². The molecule has 0 aliphatic carbocycles. The van der Waals surface area contributed by atoms with Gasteiger partial charge in [-0.2, -0.15) is 0 Å². The molecule has 1 atom stereocenters. The monoisotopic (exact) mass is 145 g/mol. The van der Waals surface area contributed by atoms with Crippen LogP contribution >= 0.6 is 12.2 Å². The number of ether oxygens (including phenoxy) is 1. The molecule has 0 spiro atoms. The normalized spacial score (nSPS) is 27.8. The van der Waals surface area contributed by atoms with E-state index >= 15 is 0 Å². The van der Waals surface area contributed by atoms with Crippen LogP contribution in [0.25, 0.3) is 0 Å². The highest BCUT2D eigenvalue weighted by Gasteiger charge is 2.15. The molecule has 1 heterocycles. The van der Waals surface area contributed by atoms with Gasteiger partial charge in [0.05, 0.1) is 0 Å². The minimum absolute atomic E-state index is 0.0637. The molecular weight excluding hydrogens is 134 g/mol. The second-order valence-electron chi connectivity index (χ2n) is 2.26. The number of hydrogen-bond acceptors (Lipinski definition) is 2. The summed E-state index contributed by atoms with van der Waals surface area (Å²) in [5, 5.41) is 0. The van der Waals surface area contributed by atoms with Gasteiger partial charge in [0.1, 0.15) is 11.1 Å². The first-order valence-corrected chi connectivity index (χ1v) is 3.62. The lowest BCUT2D eigenvalue weighted by Gasteiger charge is -2.20. The highest BCUT2D eigenvalue weighted by molar-refractivity contribution is 7.80. The van der Waals surface area contributed by atoms with E-state index in [1.165, 1.54) is 6.42 Å². The molecule has 1 fully saturated rings. The number of rotatable bonds is 1. The van der Waals surface area contributed by atoms with E-state index in [4.69, 9.17) is 22.7 Å². The first kappa shape index (κ1) is 6.96. The molecule has 0 amide bonds. The summed E-state index contributed by atoms with van der Waals surface area (Å²) in [7, 11) is 0. The van der Waals surface area contributed by atoms with Crippen molar-refractivity contribution in [2.24, 2.45) is 5.73 Å². The second kappa shape index (κ2) is 3.13. The maximum Gasteiger partial charge on any atom is 0.107 e. The lowest BCUT2D eigenvalue weighted by Crippen LogP contribution is -2.32. The van der Waals surface area contributed by atoms with E-state index < -0.39 is 0 Å². The summed E-state index contributed by atoms with van der Waals surface area (Å²) < 4.78 is 5.27. The molecule has 0 bridgehead atoms. The van der Waals surface area contributed by atoms with Crippen molar-refractivity contribution in [2.45, 2.75) is 25.4 Å². The predicted octanol–water partition coefficient (Wildman–Crippen LogP) is 0.842. The zero-order chi connectivity index (χ0) is 6.69. The molecule has 1 aliphatic heterocycles. The molecule has 1 unspecified atom stereocenters. The van der Waals surface area contributed by atoms with Crippen molar-refractivity contribution in [3.8, 4) is 0 Å². The van der Waals surface area contributed by atoms with Crippen molar-refractivity contribution < 1.29 is 4.74 Å². The Labute approximate surface area is 60.4 Å². The highest BCUT2D eigenvalue weighted by atomic mass is 32.1. The van der Waals surface area contributed by atoms with E-state index in [1.54, 1.807) is 0 Å². The van der Waals surface area contributed by atoms with Crippen LogP contribution in [0.15, 0.2) is 0 Å². The van der Waals surface area contributed by atoms with Gasteiger partial charge in [0, 0.05) is 6.61 Å². The molecule has 0 aromatic carbocycles. The highest BCUT2D eigenvalue weighted by Crippen LogP contribution is 2.12. The fourth-order valence-electron chi connectivity index (χ4n) is 0.965. The van der Waals surface area contributed by atoms with Crippen molar-refractivity contribution in [1.82, 2.24) is 0 Å². The summed E-state index contributed by atoms with van der Waals surface area (Å²) in [6.45, 7) is 0.821. The molecule has 0 aromatic rings. The van der Waals surface area contributed by atoms with Gasteiger partial charge in [-0.3, -0.25) is 0 Å². The zero-order valence-electron chi connectivity index (χ0n) is 5.30. The van der Waals surface area contributed by atoms with E-state index in [1.807, 2.05) is 0 Å². The van der Waals surface area contributed by atoms with Crippen LogP contribution < -0.4 is 5.73 Å². The van der Waals surface area contributed by atoms with E-state index in [0.717, 1.165) is 19.4 Å². The number of thiocarbonyl (C=S) groups is 1. The topological polar surface area (TPSA) is 35.2 Å². The summed E-state index contributed by atoms with van der Waals surface area (Å²) in [6, 6.07) is 0. The van der Waals surface area contributed by atoms with Crippen LogP contribution in [0.5, 0.6) is 0 Å². The van der Waals surface area contributed by atoms with Crippen molar-refractivity contribution in [3.63, 3.8) is 0 Å². The third-order valence-corrected chi connectivity index (χ3v) is 1.76. The molecule has 52 valence electrons. The number of hydrogen-bond donors (Lipinski definition) is 1. The molecule has 2 N–H and O–H groups in total. The lowest BCUT2D eigenvalue weighted by molar-refractivity contribution is 0.0594. The maximum atomic E-state index is 5.37. The summed E-state index contributed by atoms with van der Waals surface area (Å²) in [4.78, 5) is 0.509. The third kappa shape index (κ3) is 1.91. The molecule has 1 saturated heterocycles. The first-order valence-electron chi connectivity index (χ1n) is 3.21. The first-order chi connectivity index (χ1) is 4.30. The fourth-order valence-corrected chi connectivity index (χ4v) is 1.15. The largest absolute Gasteiger partial charge is 0.391 e. The maximum absolute atomic E-state index is 5.37. The molecule has 1 rings (SSSR count). The third-order valence-electron chi connectivity index (χ3n) is 1.50. The van der Waals surface area contributed by atoms with Gasteiger partial charge >= 0.3 is 0 Å². The van der Waals surface area contributed by atoms with E-state index in [-0.39, 0.29) is 6.10 Å². The Kier molecular flexibility index (Phi) is 2.42. The minimum Gasteiger partial charge on any atom is -0.391 e. The van der Waals surface area contributed by atoms with Gasteiger partial charge in [0.2, 0.25) is 0 Å². The predicted molar refractivity (Wildman–Crippen MR) is 40.4 cm³/mol. The molecule has 1 aliphatic rings. The van der Waals surface area contributed by atoms with Crippen LogP contribution in [-0.2, 0) is 4.74 Å². The molecule has 3 heteroatoms. The molecule has 0 saturated carbocycles.